The van der Waals surface area contributed by atoms with Crippen molar-refractivity contribution in [2.24, 2.45) is 16.7 Å². The van der Waals surface area contributed by atoms with E-state index in [0.29, 0.717) is 10.8 Å². The quantitative estimate of drug-likeness (QED) is 0.631. The van der Waals surface area contributed by atoms with Crippen molar-refractivity contribution in [1.82, 2.24) is 0 Å². The third-order valence-electron chi connectivity index (χ3n) is 6.03. The highest BCUT2D eigenvalue weighted by Gasteiger charge is 2.58. The van der Waals surface area contributed by atoms with E-state index in [0.717, 1.165) is 5.92 Å². The van der Waals surface area contributed by atoms with Crippen molar-refractivity contribution in [2.75, 3.05) is 0 Å². The Morgan fingerprint density at radius 2 is 1.78 bits per heavy atom. The maximum absolute atomic E-state index is 2.49. The average Bonchev–Trinajstić information content (AvgIpc) is 2.65. The number of fused-ring (bicyclic) bond motifs is 2. The maximum atomic E-state index is 2.49. The molecule has 2 aliphatic carbocycles. The van der Waals surface area contributed by atoms with Gasteiger partial charge in [0.2, 0.25) is 0 Å². The van der Waals surface area contributed by atoms with Crippen molar-refractivity contribution in [3.63, 3.8) is 0 Å². The van der Waals surface area contributed by atoms with Gasteiger partial charge in [-0.15, -0.1) is 0 Å². The molecule has 3 rings (SSSR count). The summed E-state index contributed by atoms with van der Waals surface area (Å²) < 4.78 is 0. The van der Waals surface area contributed by atoms with Gasteiger partial charge in [-0.25, -0.2) is 0 Å². The third-order valence-corrected chi connectivity index (χ3v) is 6.03. The minimum atomic E-state index is 0.433. The van der Waals surface area contributed by atoms with E-state index in [4.69, 9.17) is 0 Å². The molecule has 0 nitrogen and oxygen atoms in total. The van der Waals surface area contributed by atoms with Crippen LogP contribution in [0.3, 0.4) is 0 Å². The lowest BCUT2D eigenvalue weighted by Crippen LogP contribution is -2.27. The Morgan fingerprint density at radius 3 is 2.28 bits per heavy atom. The second-order valence-electron chi connectivity index (χ2n) is 7.07. The molecule has 0 aromatic heterocycles. The summed E-state index contributed by atoms with van der Waals surface area (Å²) in [6, 6.07) is 8.94. The normalized spacial score (nSPS) is 35.3. The molecule has 0 heteroatoms. The predicted octanol–water partition coefficient (Wildman–Crippen LogP) is 5.22. The van der Waals surface area contributed by atoms with E-state index >= 15 is 0 Å². The summed E-state index contributed by atoms with van der Waals surface area (Å²) in [4.78, 5) is 0. The summed E-state index contributed by atoms with van der Waals surface area (Å²) in [5.74, 6) is 0.902. The first kappa shape index (κ1) is 12.0. The fourth-order valence-electron chi connectivity index (χ4n) is 4.10. The zero-order chi connectivity index (χ0) is 13.0. The summed E-state index contributed by atoms with van der Waals surface area (Å²) in [5, 5.41) is 0. The van der Waals surface area contributed by atoms with Gasteiger partial charge in [0.25, 0.3) is 0 Å². The molecule has 96 valence electrons. The predicted molar refractivity (Wildman–Crippen MR) is 78.4 cm³/mol. The van der Waals surface area contributed by atoms with Crippen LogP contribution in [0.2, 0.25) is 0 Å². The standard InChI is InChI=1S/C18H24/c1-13-5-7-14(8-6-13)11-16-12-15-9-10-18(16,4)17(15,2)3/h5-8,11,15H,9-10,12H2,1-4H3. The van der Waals surface area contributed by atoms with Gasteiger partial charge < -0.3 is 0 Å². The van der Waals surface area contributed by atoms with Crippen LogP contribution in [0, 0.1) is 23.7 Å². The molecule has 0 saturated heterocycles. The molecular weight excluding hydrogens is 216 g/mol. The van der Waals surface area contributed by atoms with E-state index in [1.807, 2.05) is 0 Å². The first-order valence-electron chi connectivity index (χ1n) is 7.21. The molecule has 0 aliphatic heterocycles. The highest BCUT2D eigenvalue weighted by atomic mass is 14.6. The molecule has 0 N–H and O–H groups in total. The van der Waals surface area contributed by atoms with Gasteiger partial charge in [0.15, 0.2) is 0 Å². The van der Waals surface area contributed by atoms with Crippen LogP contribution in [0.15, 0.2) is 29.8 Å². The first-order chi connectivity index (χ1) is 8.43. The van der Waals surface area contributed by atoms with Gasteiger partial charge in [0, 0.05) is 0 Å². The highest BCUT2D eigenvalue weighted by molar-refractivity contribution is 5.57. The van der Waals surface area contributed by atoms with Gasteiger partial charge in [-0.1, -0.05) is 62.2 Å². The van der Waals surface area contributed by atoms with Crippen molar-refractivity contribution in [1.29, 1.82) is 0 Å². The van der Waals surface area contributed by atoms with Crippen LogP contribution in [0.5, 0.6) is 0 Å². The molecular formula is C18H24. The maximum Gasteiger partial charge on any atom is -0.00590 e. The first-order valence-corrected chi connectivity index (χ1v) is 7.21. The molecule has 2 aliphatic rings. The van der Waals surface area contributed by atoms with Gasteiger partial charge >= 0.3 is 0 Å². The minimum absolute atomic E-state index is 0.433. The molecule has 1 aromatic rings. The molecule has 1 aromatic carbocycles. The Morgan fingerprint density at radius 1 is 1.11 bits per heavy atom. The second kappa shape index (κ2) is 3.73. The zero-order valence-corrected chi connectivity index (χ0v) is 12.1. The van der Waals surface area contributed by atoms with E-state index < -0.39 is 0 Å². The van der Waals surface area contributed by atoms with E-state index in [-0.39, 0.29) is 0 Å². The van der Waals surface area contributed by atoms with Crippen LogP contribution in [0.4, 0.5) is 0 Å². The van der Waals surface area contributed by atoms with Crippen molar-refractivity contribution >= 4 is 6.08 Å². The van der Waals surface area contributed by atoms with Gasteiger partial charge in [0.1, 0.15) is 0 Å². The smallest absolute Gasteiger partial charge is 0.00590 e. The number of rotatable bonds is 1. The second-order valence-corrected chi connectivity index (χ2v) is 7.07. The molecule has 0 radical (unpaired) electrons. The van der Waals surface area contributed by atoms with Crippen LogP contribution < -0.4 is 0 Å². The molecule has 2 bridgehead atoms. The Hall–Kier alpha value is -1.04. The molecule has 18 heavy (non-hydrogen) atoms. The third kappa shape index (κ3) is 1.51. The number of hydrogen-bond acceptors (Lipinski definition) is 0. The Labute approximate surface area is 111 Å². The molecule has 2 unspecified atom stereocenters. The fraction of sp³-hybridized carbons (Fsp3) is 0.556. The number of aryl methyl sites for hydroxylation is 1. The Balaban J connectivity index is 1.97. The summed E-state index contributed by atoms with van der Waals surface area (Å²) in [6.07, 6.45) is 6.58. The highest BCUT2D eigenvalue weighted by Crippen LogP contribution is 2.68. The largest absolute Gasteiger partial charge is 0.0629 e. The van der Waals surface area contributed by atoms with Gasteiger partial charge in [-0.2, -0.15) is 0 Å². The van der Waals surface area contributed by atoms with Crippen LogP contribution in [-0.4, -0.2) is 0 Å². The average molecular weight is 240 g/mol. The summed E-state index contributed by atoms with van der Waals surface area (Å²) in [7, 11) is 0. The summed E-state index contributed by atoms with van der Waals surface area (Å²) in [6.45, 7) is 9.58. The molecule has 2 atom stereocenters. The van der Waals surface area contributed by atoms with Gasteiger partial charge in [-0.05, 0) is 48.5 Å². The SMILES string of the molecule is Cc1ccc(C=C2CC3CCC2(C)C3(C)C)cc1. The Bertz CT molecular complexity index is 489. The molecule has 0 spiro atoms. The minimum Gasteiger partial charge on any atom is -0.0629 e. The van der Waals surface area contributed by atoms with Crippen molar-refractivity contribution < 1.29 is 0 Å². The molecule has 2 fully saturated rings. The van der Waals surface area contributed by atoms with Crippen LogP contribution in [0.1, 0.15) is 51.2 Å². The van der Waals surface area contributed by atoms with E-state index in [9.17, 15) is 0 Å². The van der Waals surface area contributed by atoms with E-state index in [1.165, 1.54) is 30.4 Å². The van der Waals surface area contributed by atoms with Crippen LogP contribution in [0.25, 0.3) is 6.08 Å². The lowest BCUT2D eigenvalue weighted by atomic mass is 9.69. The monoisotopic (exact) mass is 240 g/mol. The molecule has 2 saturated carbocycles. The van der Waals surface area contributed by atoms with Crippen LogP contribution in [-0.2, 0) is 0 Å². The topological polar surface area (TPSA) is 0 Å². The zero-order valence-electron chi connectivity index (χ0n) is 12.1. The Kier molecular flexibility index (Phi) is 2.49. The lowest BCUT2D eigenvalue weighted by molar-refractivity contribution is 0.180. The van der Waals surface area contributed by atoms with E-state index in [2.05, 4.69) is 58.0 Å². The van der Waals surface area contributed by atoms with Crippen molar-refractivity contribution in [3.05, 3.63) is 41.0 Å². The van der Waals surface area contributed by atoms with Crippen molar-refractivity contribution in [2.45, 2.75) is 47.0 Å². The van der Waals surface area contributed by atoms with Gasteiger partial charge in [-0.3, -0.25) is 0 Å². The van der Waals surface area contributed by atoms with Gasteiger partial charge in [0.05, 0.1) is 0 Å². The summed E-state index contributed by atoms with van der Waals surface area (Å²) in [5.41, 5.74) is 5.33. The number of benzene rings is 1. The van der Waals surface area contributed by atoms with Crippen molar-refractivity contribution in [3.8, 4) is 0 Å². The molecule has 0 amide bonds. The van der Waals surface area contributed by atoms with Crippen LogP contribution >= 0.6 is 0 Å². The lowest BCUT2D eigenvalue weighted by Gasteiger charge is -2.35. The number of hydrogen-bond donors (Lipinski definition) is 0. The number of allylic oxidation sites excluding steroid dienone is 1. The molecule has 0 heterocycles. The fourth-order valence-corrected chi connectivity index (χ4v) is 4.10. The van der Waals surface area contributed by atoms with E-state index in [1.54, 1.807) is 5.57 Å². The summed E-state index contributed by atoms with van der Waals surface area (Å²) >= 11 is 0.